The van der Waals surface area contributed by atoms with Crippen LogP contribution in [0.4, 0.5) is 0 Å². The van der Waals surface area contributed by atoms with Gasteiger partial charge in [0.15, 0.2) is 0 Å². The van der Waals surface area contributed by atoms with Gasteiger partial charge in [0.2, 0.25) is 0 Å². The van der Waals surface area contributed by atoms with Crippen molar-refractivity contribution in [2.75, 3.05) is 20.2 Å². The lowest BCUT2D eigenvalue weighted by Crippen LogP contribution is -3.00. The van der Waals surface area contributed by atoms with Gasteiger partial charge in [-0.15, -0.1) is 6.58 Å². The van der Waals surface area contributed by atoms with Crippen molar-refractivity contribution in [1.29, 1.82) is 0 Å². The number of fused-ring (bicyclic) bond motifs is 4. The van der Waals surface area contributed by atoms with E-state index in [1.54, 1.807) is 7.11 Å². The molecule has 3 aliphatic rings. The van der Waals surface area contributed by atoms with E-state index in [0.717, 1.165) is 52.8 Å². The van der Waals surface area contributed by atoms with E-state index in [0.29, 0.717) is 11.8 Å². The molecule has 5 atom stereocenters. The zero-order valence-electron chi connectivity index (χ0n) is 18.5. The Morgan fingerprint density at radius 3 is 2.88 bits per heavy atom. The molecule has 1 N–H and O–H groups in total. The number of hydrogen-bond donors (Lipinski definition) is 1. The van der Waals surface area contributed by atoms with Crippen LogP contribution in [0.15, 0.2) is 73.4 Å². The first-order valence-corrected chi connectivity index (χ1v) is 11.3. The zero-order valence-corrected chi connectivity index (χ0v) is 20.1. The van der Waals surface area contributed by atoms with E-state index < -0.39 is 6.10 Å². The lowest BCUT2D eigenvalue weighted by molar-refractivity contribution is -0.984. The quantitative estimate of drug-likeness (QED) is 0.420. The normalized spacial score (nSPS) is 27.5. The van der Waals surface area contributed by atoms with Gasteiger partial charge in [0.25, 0.3) is 0 Å². The number of piperidine rings is 3. The van der Waals surface area contributed by atoms with Crippen LogP contribution >= 0.6 is 0 Å². The topological polar surface area (TPSA) is 42.4 Å². The molecule has 0 aliphatic carbocycles. The second-order valence-electron chi connectivity index (χ2n) is 9.25. The van der Waals surface area contributed by atoms with Crippen LogP contribution < -0.4 is 21.7 Å². The molecule has 3 saturated heterocycles. The van der Waals surface area contributed by atoms with Crippen LogP contribution in [0.5, 0.6) is 5.75 Å². The predicted molar refractivity (Wildman–Crippen MR) is 124 cm³/mol. The number of quaternary nitrogens is 1. The molecule has 0 spiro atoms. The molecule has 3 aliphatic heterocycles. The summed E-state index contributed by atoms with van der Waals surface area (Å²) in [5, 5.41) is 12.8. The third kappa shape index (κ3) is 3.98. The summed E-state index contributed by atoms with van der Waals surface area (Å²) >= 11 is 0. The van der Waals surface area contributed by atoms with E-state index in [4.69, 9.17) is 4.74 Å². The average Bonchev–Trinajstić information content (AvgIpc) is 2.83. The van der Waals surface area contributed by atoms with Crippen LogP contribution in [0.1, 0.15) is 30.1 Å². The Morgan fingerprint density at radius 1 is 1.22 bits per heavy atom. The zero-order chi connectivity index (χ0) is 21.4. The number of rotatable bonds is 6. The third-order valence-electron chi connectivity index (χ3n) is 7.67. The largest absolute Gasteiger partial charge is 1.00 e. The molecule has 0 amide bonds. The van der Waals surface area contributed by atoms with Crippen molar-refractivity contribution in [1.82, 2.24) is 4.98 Å². The monoisotopic (exact) mass is 494 g/mol. The van der Waals surface area contributed by atoms with Crippen molar-refractivity contribution < 1.29 is 31.3 Å². The third-order valence-corrected chi connectivity index (χ3v) is 7.67. The maximum atomic E-state index is 11.8. The molecule has 6 rings (SSSR count). The Kier molecular flexibility index (Phi) is 6.70. The van der Waals surface area contributed by atoms with Crippen LogP contribution in [0, 0.1) is 11.8 Å². The van der Waals surface area contributed by atoms with Gasteiger partial charge in [-0.05, 0) is 35.7 Å². The van der Waals surface area contributed by atoms with Crippen LogP contribution in [0.3, 0.4) is 0 Å². The summed E-state index contributed by atoms with van der Waals surface area (Å²) in [4.78, 5) is 4.50. The van der Waals surface area contributed by atoms with Crippen molar-refractivity contribution in [3.05, 3.63) is 84.6 Å². The number of halogens is 1. The Bertz CT molecular complexity index is 1100. The number of methoxy groups -OCH3 is 1. The van der Waals surface area contributed by atoms with E-state index >= 15 is 0 Å². The first-order chi connectivity index (χ1) is 15.1. The standard InChI is InChI=1S/C27H31N2O2.BrH/c1-3-20-18-29(17-19-7-6-8-22(15-19)31-2)14-12-21(20)16-26(29)27(30)24-11-13-28-25-10-5-4-9-23(24)25;/h3-11,13,15,20-21,26-27,30H,1,12,14,16-18H2,2H3;1H/q+1;/p-1/t20?,21?,26?,27-,29?;/m1./s1. The maximum absolute atomic E-state index is 11.8. The van der Waals surface area contributed by atoms with Crippen molar-refractivity contribution in [3.8, 4) is 5.75 Å². The van der Waals surface area contributed by atoms with E-state index in [1.165, 1.54) is 12.0 Å². The van der Waals surface area contributed by atoms with Crippen LogP contribution in [-0.2, 0) is 6.54 Å². The fourth-order valence-corrected chi connectivity index (χ4v) is 6.10. The van der Waals surface area contributed by atoms with E-state index in [-0.39, 0.29) is 23.0 Å². The predicted octanol–water partition coefficient (Wildman–Crippen LogP) is 1.89. The lowest BCUT2D eigenvalue weighted by atomic mass is 9.71. The Balaban J connectivity index is 0.00000245. The minimum atomic E-state index is -0.521. The lowest BCUT2D eigenvalue weighted by Gasteiger charge is -2.58. The van der Waals surface area contributed by atoms with Gasteiger partial charge in [0.05, 0.1) is 25.7 Å². The fraction of sp³-hybridized carbons (Fsp3) is 0.370. The van der Waals surface area contributed by atoms with Crippen molar-refractivity contribution in [2.24, 2.45) is 11.8 Å². The first-order valence-electron chi connectivity index (χ1n) is 11.3. The summed E-state index contributed by atoms with van der Waals surface area (Å²) < 4.78 is 6.38. The number of aromatic nitrogens is 1. The molecular formula is C27H31BrN2O2. The van der Waals surface area contributed by atoms with Gasteiger partial charge in [-0.2, -0.15) is 0 Å². The van der Waals surface area contributed by atoms with Crippen LogP contribution in [-0.4, -0.2) is 40.8 Å². The van der Waals surface area contributed by atoms with Gasteiger partial charge in [-0.3, -0.25) is 4.98 Å². The van der Waals surface area contributed by atoms with E-state index in [9.17, 15) is 5.11 Å². The second-order valence-corrected chi connectivity index (χ2v) is 9.25. The summed E-state index contributed by atoms with van der Waals surface area (Å²) in [6.45, 7) is 7.17. The van der Waals surface area contributed by atoms with Crippen molar-refractivity contribution >= 4 is 10.9 Å². The molecule has 4 heterocycles. The smallest absolute Gasteiger partial charge is 0.131 e. The molecule has 4 unspecified atom stereocenters. The number of benzene rings is 2. The van der Waals surface area contributed by atoms with E-state index in [1.807, 2.05) is 36.5 Å². The maximum Gasteiger partial charge on any atom is 0.131 e. The molecule has 3 aromatic rings. The highest BCUT2D eigenvalue weighted by atomic mass is 79.9. The summed E-state index contributed by atoms with van der Waals surface area (Å²) in [5.41, 5.74) is 3.21. The molecule has 2 aromatic carbocycles. The molecule has 0 saturated carbocycles. The highest BCUT2D eigenvalue weighted by molar-refractivity contribution is 5.82. The van der Waals surface area contributed by atoms with Gasteiger partial charge in [-0.1, -0.05) is 36.4 Å². The fourth-order valence-electron chi connectivity index (χ4n) is 6.10. The van der Waals surface area contributed by atoms with Gasteiger partial charge >= 0.3 is 0 Å². The molecule has 4 nitrogen and oxygen atoms in total. The average molecular weight is 495 g/mol. The minimum Gasteiger partial charge on any atom is -1.00 e. The SMILES string of the molecule is C=CC1C[N+]2(Cc3cccc(OC)c3)CCC1CC2[C@H](O)c1ccnc2ccccc12.[Br-]. The molecular weight excluding hydrogens is 464 g/mol. The van der Waals surface area contributed by atoms with Gasteiger partial charge in [0.1, 0.15) is 24.4 Å². The Labute approximate surface area is 200 Å². The Morgan fingerprint density at radius 2 is 2.06 bits per heavy atom. The summed E-state index contributed by atoms with van der Waals surface area (Å²) in [6, 6.07) is 18.7. The highest BCUT2D eigenvalue weighted by Gasteiger charge is 2.54. The van der Waals surface area contributed by atoms with E-state index in [2.05, 4.69) is 41.9 Å². The number of para-hydroxylation sites is 1. The summed E-state index contributed by atoms with van der Waals surface area (Å²) in [6.07, 6.45) is 5.68. The number of aliphatic hydroxyl groups is 1. The van der Waals surface area contributed by atoms with Crippen LogP contribution in [0.25, 0.3) is 10.9 Å². The second kappa shape index (κ2) is 9.34. The van der Waals surface area contributed by atoms with Gasteiger partial charge < -0.3 is 31.3 Å². The molecule has 5 heteroatoms. The minimum absolute atomic E-state index is 0. The summed E-state index contributed by atoms with van der Waals surface area (Å²) in [5.74, 6) is 2.01. The van der Waals surface area contributed by atoms with Crippen molar-refractivity contribution in [2.45, 2.75) is 31.5 Å². The first kappa shape index (κ1) is 23.0. The molecule has 1 aromatic heterocycles. The highest BCUT2D eigenvalue weighted by Crippen LogP contribution is 2.48. The van der Waals surface area contributed by atoms with Gasteiger partial charge in [-0.25, -0.2) is 0 Å². The number of nitrogens with zero attached hydrogens (tertiary/aromatic N) is 2. The summed E-state index contributed by atoms with van der Waals surface area (Å²) in [7, 11) is 1.72. The molecule has 2 bridgehead atoms. The van der Waals surface area contributed by atoms with Crippen LogP contribution in [0.2, 0.25) is 0 Å². The number of ether oxygens (including phenoxy) is 1. The van der Waals surface area contributed by atoms with Gasteiger partial charge in [0, 0.05) is 35.9 Å². The van der Waals surface area contributed by atoms with Crippen molar-refractivity contribution in [3.63, 3.8) is 0 Å². The Hall–Kier alpha value is -2.21. The molecule has 168 valence electrons. The molecule has 32 heavy (non-hydrogen) atoms. The molecule has 3 fully saturated rings. The number of aliphatic hydroxyl groups excluding tert-OH is 1. The number of hydrogen-bond acceptors (Lipinski definition) is 3. The molecule has 0 radical (unpaired) electrons. The number of pyridine rings is 1.